The first-order chi connectivity index (χ1) is 7.53. The fourth-order valence-corrected chi connectivity index (χ4v) is 2.29. The predicted molar refractivity (Wildman–Crippen MR) is 58.0 cm³/mol. The van der Waals surface area contributed by atoms with Gasteiger partial charge in [-0.1, -0.05) is 6.92 Å². The Bertz CT molecular complexity index is 367. The highest BCUT2D eigenvalue weighted by atomic mass is 19.1. The van der Waals surface area contributed by atoms with Crippen LogP contribution in [0.1, 0.15) is 25.3 Å². The van der Waals surface area contributed by atoms with Crippen molar-refractivity contribution in [1.82, 2.24) is 0 Å². The van der Waals surface area contributed by atoms with Crippen molar-refractivity contribution in [2.45, 2.75) is 26.2 Å². The molecule has 0 amide bonds. The molecule has 1 aromatic rings. The van der Waals surface area contributed by atoms with Gasteiger partial charge in [0.1, 0.15) is 11.6 Å². The molecule has 1 aliphatic carbocycles. The molecular weight excluding hydrogens is 210 g/mol. The SMILES string of the molecule is CC(CO)(Cc1cc(F)cc(F)c1)C1CC1. The van der Waals surface area contributed by atoms with E-state index >= 15 is 0 Å². The molecule has 16 heavy (non-hydrogen) atoms. The van der Waals surface area contributed by atoms with E-state index in [0.29, 0.717) is 17.9 Å². The van der Waals surface area contributed by atoms with Gasteiger partial charge in [-0.3, -0.25) is 0 Å². The topological polar surface area (TPSA) is 20.2 Å². The van der Waals surface area contributed by atoms with Gasteiger partial charge in [-0.25, -0.2) is 8.78 Å². The molecular formula is C13H16F2O. The largest absolute Gasteiger partial charge is 0.396 e. The fourth-order valence-electron chi connectivity index (χ4n) is 2.29. The summed E-state index contributed by atoms with van der Waals surface area (Å²) in [5, 5.41) is 9.41. The quantitative estimate of drug-likeness (QED) is 0.837. The molecule has 1 fully saturated rings. The Labute approximate surface area is 94.1 Å². The summed E-state index contributed by atoms with van der Waals surface area (Å²) >= 11 is 0. The molecule has 88 valence electrons. The van der Waals surface area contributed by atoms with Crippen LogP contribution in [0.4, 0.5) is 8.78 Å². The molecule has 0 aliphatic heterocycles. The number of rotatable bonds is 4. The lowest BCUT2D eigenvalue weighted by Gasteiger charge is -2.27. The molecule has 1 saturated carbocycles. The first-order valence-electron chi connectivity index (χ1n) is 5.59. The first-order valence-corrected chi connectivity index (χ1v) is 5.59. The molecule has 3 heteroatoms. The normalized spacial score (nSPS) is 19.5. The van der Waals surface area contributed by atoms with Crippen LogP contribution >= 0.6 is 0 Å². The van der Waals surface area contributed by atoms with Gasteiger partial charge < -0.3 is 5.11 Å². The summed E-state index contributed by atoms with van der Waals surface area (Å²) < 4.78 is 26.0. The molecule has 1 N–H and O–H groups in total. The van der Waals surface area contributed by atoms with Crippen molar-refractivity contribution in [3.05, 3.63) is 35.4 Å². The van der Waals surface area contributed by atoms with Crippen LogP contribution in [0.3, 0.4) is 0 Å². The van der Waals surface area contributed by atoms with Crippen molar-refractivity contribution in [2.24, 2.45) is 11.3 Å². The molecule has 1 aliphatic rings. The average Bonchev–Trinajstić information content (AvgIpc) is 2.98. The number of aliphatic hydroxyl groups is 1. The fraction of sp³-hybridized carbons (Fsp3) is 0.538. The van der Waals surface area contributed by atoms with E-state index in [4.69, 9.17) is 0 Å². The molecule has 0 bridgehead atoms. The van der Waals surface area contributed by atoms with Gasteiger partial charge in [0.25, 0.3) is 0 Å². The maximum Gasteiger partial charge on any atom is 0.126 e. The summed E-state index contributed by atoms with van der Waals surface area (Å²) in [5.74, 6) is -0.610. The van der Waals surface area contributed by atoms with Crippen molar-refractivity contribution in [3.63, 3.8) is 0 Å². The van der Waals surface area contributed by atoms with Crippen molar-refractivity contribution >= 4 is 0 Å². The van der Waals surface area contributed by atoms with Crippen LogP contribution in [0, 0.1) is 23.0 Å². The van der Waals surface area contributed by atoms with Crippen molar-refractivity contribution in [2.75, 3.05) is 6.61 Å². The lowest BCUT2D eigenvalue weighted by Crippen LogP contribution is -2.26. The molecule has 1 nitrogen and oxygen atoms in total. The summed E-state index contributed by atoms with van der Waals surface area (Å²) in [6, 6.07) is 3.57. The van der Waals surface area contributed by atoms with Crippen LogP contribution in [0.5, 0.6) is 0 Å². The summed E-state index contributed by atoms with van der Waals surface area (Å²) in [6.07, 6.45) is 2.74. The first kappa shape index (κ1) is 11.5. The van der Waals surface area contributed by atoms with E-state index in [-0.39, 0.29) is 12.0 Å². The van der Waals surface area contributed by atoms with Crippen molar-refractivity contribution in [1.29, 1.82) is 0 Å². The smallest absolute Gasteiger partial charge is 0.126 e. The third-order valence-electron chi connectivity index (χ3n) is 3.45. The molecule has 2 rings (SSSR count). The Kier molecular flexibility index (Phi) is 2.98. The second-order valence-electron chi connectivity index (χ2n) is 5.04. The Morgan fingerprint density at radius 3 is 2.25 bits per heavy atom. The Morgan fingerprint density at radius 2 is 1.81 bits per heavy atom. The van der Waals surface area contributed by atoms with E-state index in [0.717, 1.165) is 18.9 Å². The van der Waals surface area contributed by atoms with Gasteiger partial charge >= 0.3 is 0 Å². The third kappa shape index (κ3) is 2.40. The minimum Gasteiger partial charge on any atom is -0.396 e. The minimum atomic E-state index is -0.550. The number of hydrogen-bond acceptors (Lipinski definition) is 1. The van der Waals surface area contributed by atoms with E-state index in [9.17, 15) is 13.9 Å². The number of hydrogen-bond donors (Lipinski definition) is 1. The van der Waals surface area contributed by atoms with E-state index in [1.807, 2.05) is 6.92 Å². The van der Waals surface area contributed by atoms with Gasteiger partial charge in [-0.15, -0.1) is 0 Å². The molecule has 0 saturated heterocycles. The molecule has 0 aromatic heterocycles. The van der Waals surface area contributed by atoms with E-state index < -0.39 is 11.6 Å². The monoisotopic (exact) mass is 226 g/mol. The minimum absolute atomic E-state index is 0.0653. The molecule has 1 atom stereocenters. The van der Waals surface area contributed by atoms with Gasteiger partial charge in [0.15, 0.2) is 0 Å². The van der Waals surface area contributed by atoms with E-state index in [2.05, 4.69) is 0 Å². The van der Waals surface area contributed by atoms with Crippen LogP contribution in [0.2, 0.25) is 0 Å². The summed E-state index contributed by atoms with van der Waals surface area (Å²) in [4.78, 5) is 0. The Balaban J connectivity index is 2.18. The van der Waals surface area contributed by atoms with Crippen LogP contribution in [0.15, 0.2) is 18.2 Å². The van der Waals surface area contributed by atoms with Crippen LogP contribution in [-0.2, 0) is 6.42 Å². The lowest BCUT2D eigenvalue weighted by molar-refractivity contribution is 0.119. The molecule has 0 heterocycles. The Hall–Kier alpha value is -0.960. The molecule has 1 unspecified atom stereocenters. The van der Waals surface area contributed by atoms with E-state index in [1.54, 1.807) is 0 Å². The van der Waals surface area contributed by atoms with Gasteiger partial charge in [0, 0.05) is 12.7 Å². The van der Waals surface area contributed by atoms with Crippen LogP contribution in [-0.4, -0.2) is 11.7 Å². The summed E-state index contributed by atoms with van der Waals surface area (Å²) in [7, 11) is 0. The number of halogens is 2. The van der Waals surface area contributed by atoms with Gasteiger partial charge in [0.05, 0.1) is 0 Å². The second-order valence-corrected chi connectivity index (χ2v) is 5.04. The van der Waals surface area contributed by atoms with Gasteiger partial charge in [-0.2, -0.15) is 0 Å². The number of aliphatic hydroxyl groups excluding tert-OH is 1. The second kappa shape index (κ2) is 4.13. The Morgan fingerprint density at radius 1 is 1.25 bits per heavy atom. The van der Waals surface area contributed by atoms with Crippen molar-refractivity contribution in [3.8, 4) is 0 Å². The molecule has 0 radical (unpaired) electrons. The summed E-state index contributed by atoms with van der Waals surface area (Å²) in [5.41, 5.74) is 0.390. The lowest BCUT2D eigenvalue weighted by atomic mass is 9.80. The maximum atomic E-state index is 13.0. The zero-order valence-corrected chi connectivity index (χ0v) is 9.34. The average molecular weight is 226 g/mol. The highest BCUT2D eigenvalue weighted by molar-refractivity contribution is 5.20. The number of benzene rings is 1. The molecule has 1 aromatic carbocycles. The van der Waals surface area contributed by atoms with E-state index in [1.165, 1.54) is 12.1 Å². The predicted octanol–water partition coefficient (Wildman–Crippen LogP) is 2.92. The highest BCUT2D eigenvalue weighted by Crippen LogP contribution is 2.47. The van der Waals surface area contributed by atoms with Crippen LogP contribution in [0.25, 0.3) is 0 Å². The van der Waals surface area contributed by atoms with Crippen molar-refractivity contribution < 1.29 is 13.9 Å². The van der Waals surface area contributed by atoms with Gasteiger partial charge in [-0.05, 0) is 48.3 Å². The molecule has 0 spiro atoms. The maximum absolute atomic E-state index is 13.0. The third-order valence-corrected chi connectivity index (χ3v) is 3.45. The zero-order valence-electron chi connectivity index (χ0n) is 9.34. The zero-order chi connectivity index (χ0) is 11.8. The standard InChI is InChI=1S/C13H16F2O/c1-13(8-16,10-2-3-10)7-9-4-11(14)6-12(15)5-9/h4-6,10,16H,2-3,7-8H2,1H3. The van der Waals surface area contributed by atoms with Crippen LogP contribution < -0.4 is 0 Å². The van der Waals surface area contributed by atoms with Gasteiger partial charge in [0.2, 0.25) is 0 Å². The summed E-state index contributed by atoms with van der Waals surface area (Å²) in [6.45, 7) is 2.04. The highest BCUT2D eigenvalue weighted by Gasteiger charge is 2.40.